The summed E-state index contributed by atoms with van der Waals surface area (Å²) < 4.78 is 0.976. The Balaban J connectivity index is 2.60. The van der Waals surface area contributed by atoms with Crippen molar-refractivity contribution in [3.8, 4) is 0 Å². The van der Waals surface area contributed by atoms with Gasteiger partial charge in [0.1, 0.15) is 0 Å². The second kappa shape index (κ2) is 4.09. The number of halogens is 1. The zero-order valence-corrected chi connectivity index (χ0v) is 7.50. The van der Waals surface area contributed by atoms with Crippen LogP contribution in [0.2, 0.25) is 0 Å². The molecule has 0 aromatic carbocycles. The Morgan fingerprint density at radius 1 is 1.55 bits per heavy atom. The van der Waals surface area contributed by atoms with E-state index in [-0.39, 0.29) is 0 Å². The summed E-state index contributed by atoms with van der Waals surface area (Å²) in [6, 6.07) is 3.86. The Morgan fingerprint density at radius 3 is 2.91 bits per heavy atom. The van der Waals surface area contributed by atoms with Crippen molar-refractivity contribution in [1.82, 2.24) is 4.98 Å². The van der Waals surface area contributed by atoms with Crippen LogP contribution in [-0.4, -0.2) is 11.5 Å². The Labute approximate surface area is 74.2 Å². The van der Waals surface area contributed by atoms with Gasteiger partial charge in [0, 0.05) is 16.4 Å². The van der Waals surface area contributed by atoms with Crippen LogP contribution >= 0.6 is 15.9 Å². The van der Waals surface area contributed by atoms with Crippen LogP contribution < -0.4 is 0 Å². The Morgan fingerprint density at radius 2 is 2.36 bits per heavy atom. The van der Waals surface area contributed by atoms with Gasteiger partial charge in [0.25, 0.3) is 0 Å². The van der Waals surface area contributed by atoms with Crippen LogP contribution in [-0.2, 0) is 6.42 Å². The first-order valence-corrected chi connectivity index (χ1v) is 4.06. The van der Waals surface area contributed by atoms with Crippen LogP contribution in [0, 0.1) is 6.57 Å². The van der Waals surface area contributed by atoms with Crippen molar-refractivity contribution in [2.75, 3.05) is 6.54 Å². The van der Waals surface area contributed by atoms with Crippen molar-refractivity contribution in [3.63, 3.8) is 0 Å². The summed E-state index contributed by atoms with van der Waals surface area (Å²) in [7, 11) is 0. The molecule has 1 aromatic rings. The van der Waals surface area contributed by atoms with Crippen molar-refractivity contribution >= 4 is 15.9 Å². The number of rotatable bonds is 2. The molecule has 0 aliphatic rings. The smallest absolute Gasteiger partial charge is 0.220 e. The maximum Gasteiger partial charge on any atom is 0.220 e. The van der Waals surface area contributed by atoms with Crippen LogP contribution in [0.5, 0.6) is 0 Å². The quantitative estimate of drug-likeness (QED) is 0.686. The summed E-state index contributed by atoms with van der Waals surface area (Å²) in [6.45, 7) is 7.10. The highest BCUT2D eigenvalue weighted by Crippen LogP contribution is 2.07. The van der Waals surface area contributed by atoms with Crippen LogP contribution in [0.25, 0.3) is 4.85 Å². The van der Waals surface area contributed by atoms with Gasteiger partial charge in [0.2, 0.25) is 6.54 Å². The second-order valence-electron chi connectivity index (χ2n) is 2.10. The largest absolute Gasteiger partial charge is 0.317 e. The molecule has 0 radical (unpaired) electrons. The average Bonchev–Trinajstić information content (AvgIpc) is 2.04. The fraction of sp³-hybridized carbons (Fsp3) is 0.250. The molecule has 3 heteroatoms. The standard InChI is InChI=1S/C8H7BrN2/c1-10-5-4-8-3-2-7(9)6-11-8/h2-3,6H,4-5H2. The maximum atomic E-state index is 6.58. The molecule has 11 heavy (non-hydrogen) atoms. The molecular formula is C8H7BrN2. The molecule has 0 spiro atoms. The van der Waals surface area contributed by atoms with E-state index in [0.717, 1.165) is 16.6 Å². The maximum absolute atomic E-state index is 6.58. The molecule has 56 valence electrons. The van der Waals surface area contributed by atoms with Crippen LogP contribution in [0.3, 0.4) is 0 Å². The Bertz CT molecular complexity index is 260. The Kier molecular flexibility index (Phi) is 3.06. The van der Waals surface area contributed by atoms with E-state index in [1.54, 1.807) is 6.20 Å². The van der Waals surface area contributed by atoms with Crippen molar-refractivity contribution in [2.24, 2.45) is 0 Å². The third-order valence-electron chi connectivity index (χ3n) is 1.27. The summed E-state index contributed by atoms with van der Waals surface area (Å²) >= 11 is 3.29. The lowest BCUT2D eigenvalue weighted by Crippen LogP contribution is -1.90. The lowest BCUT2D eigenvalue weighted by atomic mass is 10.3. The van der Waals surface area contributed by atoms with Gasteiger partial charge in [0.05, 0.1) is 6.42 Å². The highest BCUT2D eigenvalue weighted by atomic mass is 79.9. The molecule has 1 aromatic heterocycles. The zero-order valence-electron chi connectivity index (χ0n) is 5.92. The average molecular weight is 211 g/mol. The van der Waals surface area contributed by atoms with E-state index in [1.165, 1.54) is 0 Å². The first kappa shape index (κ1) is 8.22. The highest BCUT2D eigenvalue weighted by Gasteiger charge is 1.94. The lowest BCUT2D eigenvalue weighted by Gasteiger charge is -1.93. The predicted octanol–water partition coefficient (Wildman–Crippen LogP) is 2.31. The van der Waals surface area contributed by atoms with Gasteiger partial charge in [-0.1, -0.05) is 0 Å². The normalized spacial score (nSPS) is 9.09. The summed E-state index contributed by atoms with van der Waals surface area (Å²) in [5.41, 5.74) is 0.976. The molecule has 0 aliphatic heterocycles. The highest BCUT2D eigenvalue weighted by molar-refractivity contribution is 9.10. The first-order chi connectivity index (χ1) is 5.33. The van der Waals surface area contributed by atoms with Crippen molar-refractivity contribution in [1.29, 1.82) is 0 Å². The van der Waals surface area contributed by atoms with E-state index in [4.69, 9.17) is 6.57 Å². The molecule has 1 rings (SSSR count). The summed E-state index contributed by atoms with van der Waals surface area (Å²) in [5.74, 6) is 0. The second-order valence-corrected chi connectivity index (χ2v) is 3.02. The van der Waals surface area contributed by atoms with E-state index in [9.17, 15) is 0 Å². The Hall–Kier alpha value is -0.880. The summed E-state index contributed by atoms with van der Waals surface area (Å²) in [4.78, 5) is 7.38. The minimum atomic E-state index is 0.522. The van der Waals surface area contributed by atoms with Crippen molar-refractivity contribution in [3.05, 3.63) is 39.9 Å². The van der Waals surface area contributed by atoms with Crippen molar-refractivity contribution < 1.29 is 0 Å². The van der Waals surface area contributed by atoms with Gasteiger partial charge in [-0.2, -0.15) is 0 Å². The SMILES string of the molecule is [C-]#[N+]CCc1ccc(Br)cn1. The van der Waals surface area contributed by atoms with Crippen LogP contribution in [0.15, 0.2) is 22.8 Å². The van der Waals surface area contributed by atoms with Gasteiger partial charge < -0.3 is 4.85 Å². The fourth-order valence-electron chi connectivity index (χ4n) is 0.725. The molecule has 1 heterocycles. The number of hydrogen-bond donors (Lipinski definition) is 0. The molecule has 0 aliphatic carbocycles. The predicted molar refractivity (Wildman–Crippen MR) is 47.1 cm³/mol. The number of nitrogens with zero attached hydrogens (tertiary/aromatic N) is 2. The first-order valence-electron chi connectivity index (χ1n) is 3.26. The van der Waals surface area contributed by atoms with Gasteiger partial charge in [-0.25, -0.2) is 6.57 Å². The van der Waals surface area contributed by atoms with Gasteiger partial charge in [-0.05, 0) is 28.1 Å². The van der Waals surface area contributed by atoms with E-state index in [0.29, 0.717) is 6.54 Å². The zero-order chi connectivity index (χ0) is 8.10. The monoisotopic (exact) mass is 210 g/mol. The molecule has 0 N–H and O–H groups in total. The molecule has 0 atom stereocenters. The molecular weight excluding hydrogens is 204 g/mol. The molecule has 0 unspecified atom stereocenters. The van der Waals surface area contributed by atoms with E-state index in [2.05, 4.69) is 25.8 Å². The van der Waals surface area contributed by atoms with Crippen LogP contribution in [0.4, 0.5) is 0 Å². The molecule has 0 bridgehead atoms. The third kappa shape index (κ3) is 2.69. The topological polar surface area (TPSA) is 17.2 Å². The summed E-state index contributed by atoms with van der Waals surface area (Å²) in [5, 5.41) is 0. The van der Waals surface area contributed by atoms with Crippen molar-refractivity contribution in [2.45, 2.75) is 6.42 Å². The van der Waals surface area contributed by atoms with Gasteiger partial charge in [-0.3, -0.25) is 4.98 Å². The number of aromatic nitrogens is 1. The fourth-order valence-corrected chi connectivity index (χ4v) is 0.959. The molecule has 0 fully saturated rings. The van der Waals surface area contributed by atoms with Crippen LogP contribution in [0.1, 0.15) is 5.69 Å². The van der Waals surface area contributed by atoms with E-state index in [1.807, 2.05) is 12.1 Å². The molecule has 0 saturated carbocycles. The molecule has 0 saturated heterocycles. The van der Waals surface area contributed by atoms with Gasteiger partial charge >= 0.3 is 0 Å². The van der Waals surface area contributed by atoms with E-state index < -0.39 is 0 Å². The third-order valence-corrected chi connectivity index (χ3v) is 1.74. The summed E-state index contributed by atoms with van der Waals surface area (Å²) in [6.07, 6.45) is 2.50. The van der Waals surface area contributed by atoms with E-state index >= 15 is 0 Å². The van der Waals surface area contributed by atoms with Gasteiger partial charge in [-0.15, -0.1) is 0 Å². The minimum Gasteiger partial charge on any atom is -0.317 e. The minimum absolute atomic E-state index is 0.522. The molecule has 2 nitrogen and oxygen atoms in total. The lowest BCUT2D eigenvalue weighted by molar-refractivity contribution is 0.996. The molecule has 0 amide bonds. The number of pyridine rings is 1. The van der Waals surface area contributed by atoms with Gasteiger partial charge in [0.15, 0.2) is 0 Å². The number of hydrogen-bond acceptors (Lipinski definition) is 1.